The predicted octanol–water partition coefficient (Wildman–Crippen LogP) is 1.49. The van der Waals surface area contributed by atoms with Gasteiger partial charge in [-0.25, -0.2) is 0 Å². The molecule has 3 heteroatoms. The van der Waals surface area contributed by atoms with Gasteiger partial charge in [-0.1, -0.05) is 29.8 Å². The first-order valence-electron chi connectivity index (χ1n) is 6.84. The van der Waals surface area contributed by atoms with E-state index in [1.807, 2.05) is 45.0 Å². The average Bonchev–Trinajstić information content (AvgIpc) is 2.42. The van der Waals surface area contributed by atoms with Gasteiger partial charge in [-0.05, 0) is 34.6 Å². The third-order valence-corrected chi connectivity index (χ3v) is 3.62. The third-order valence-electron chi connectivity index (χ3n) is 3.62. The van der Waals surface area contributed by atoms with Crippen LogP contribution in [0.5, 0.6) is 0 Å². The van der Waals surface area contributed by atoms with Crippen LogP contribution in [-0.2, 0) is 0 Å². The van der Waals surface area contributed by atoms with Crippen molar-refractivity contribution in [3.63, 3.8) is 0 Å². The minimum atomic E-state index is -0.348. The summed E-state index contributed by atoms with van der Waals surface area (Å²) in [5, 5.41) is 7.00. The number of nitrogens with one attached hydrogen (secondary N) is 1. The normalized spacial score (nSPS) is 10.9. The molecule has 0 fully saturated rings. The second kappa shape index (κ2) is 8.08. The van der Waals surface area contributed by atoms with Crippen molar-refractivity contribution in [1.82, 2.24) is 0 Å². The summed E-state index contributed by atoms with van der Waals surface area (Å²) >= 11 is 0. The van der Waals surface area contributed by atoms with Gasteiger partial charge in [0.1, 0.15) is 0 Å². The maximum Gasteiger partial charge on any atom is 0.222 e. The van der Waals surface area contributed by atoms with Crippen LogP contribution in [0, 0.1) is 6.92 Å². The van der Waals surface area contributed by atoms with E-state index in [2.05, 4.69) is 13.8 Å². The molecule has 0 amide bonds. The molecule has 0 saturated carbocycles. The Bertz CT molecular complexity index is 378. The molecule has 1 rings (SSSR count). The second-order valence-corrected chi connectivity index (χ2v) is 5.13. The van der Waals surface area contributed by atoms with Crippen molar-refractivity contribution < 1.29 is 14.8 Å². The van der Waals surface area contributed by atoms with Crippen LogP contribution in [0.2, 0.25) is 0 Å². The highest BCUT2D eigenvalue weighted by Crippen LogP contribution is 2.11. The van der Waals surface area contributed by atoms with E-state index in [1.165, 1.54) is 10.5 Å². The van der Waals surface area contributed by atoms with Crippen LogP contribution < -0.4 is 4.90 Å². The number of carbonyl (C=O) groups excluding carboxylic acids is 1. The van der Waals surface area contributed by atoms with Crippen molar-refractivity contribution in [3.8, 4) is 0 Å². The summed E-state index contributed by atoms with van der Waals surface area (Å²) in [6, 6.07) is 7.87. The van der Waals surface area contributed by atoms with Crippen LogP contribution >= 0.6 is 0 Å². The van der Waals surface area contributed by atoms with Crippen LogP contribution in [0.1, 0.15) is 43.6 Å². The molecule has 0 spiro atoms. The minimum Gasteiger partial charge on any atom is -0.400 e. The number of likely N-dealkylation sites (N-methyl/N-ethyl adjacent to an activating group) is 1. The Morgan fingerprint density at radius 2 is 1.53 bits per heavy atom. The molecule has 0 radical (unpaired) electrons. The molecule has 0 bridgehead atoms. The largest absolute Gasteiger partial charge is 0.400 e. The van der Waals surface area contributed by atoms with Crippen LogP contribution in [0.15, 0.2) is 24.3 Å². The van der Waals surface area contributed by atoms with Gasteiger partial charge in [0, 0.05) is 12.7 Å². The molecule has 0 aliphatic heterocycles. The van der Waals surface area contributed by atoms with Crippen molar-refractivity contribution in [2.75, 3.05) is 20.2 Å². The van der Waals surface area contributed by atoms with E-state index in [0.29, 0.717) is 0 Å². The molecule has 0 saturated heterocycles. The summed E-state index contributed by atoms with van der Waals surface area (Å²) in [5.41, 5.74) is 1.66. The highest BCUT2D eigenvalue weighted by Gasteiger charge is 2.37. The fraction of sp³-hybridized carbons (Fsp3) is 0.562. The molecule has 0 unspecified atom stereocenters. The molecular formula is C16H28NO2+. The molecule has 0 aliphatic carbocycles. The molecule has 1 aromatic rings. The quantitative estimate of drug-likeness (QED) is 0.793. The Morgan fingerprint density at radius 1 is 1.11 bits per heavy atom. The standard InChI is InChI=1S/C15H23NO.CH4O/c1-6-16(7-2)15(4,5)14(17)13-10-8-12(3)9-11-13;1-2/h8-11H,6-7H2,1-5H3;2H,1H3/p+1. The van der Waals surface area contributed by atoms with E-state index in [-0.39, 0.29) is 11.3 Å². The smallest absolute Gasteiger partial charge is 0.222 e. The lowest BCUT2D eigenvalue weighted by Crippen LogP contribution is -3.20. The fourth-order valence-corrected chi connectivity index (χ4v) is 2.36. The molecule has 3 nitrogen and oxygen atoms in total. The van der Waals surface area contributed by atoms with Crippen LogP contribution in [0.25, 0.3) is 0 Å². The topological polar surface area (TPSA) is 41.7 Å². The van der Waals surface area contributed by atoms with Gasteiger partial charge in [0.05, 0.1) is 13.1 Å². The highest BCUT2D eigenvalue weighted by atomic mass is 16.2. The van der Waals surface area contributed by atoms with Crippen molar-refractivity contribution >= 4 is 5.78 Å². The number of aliphatic hydroxyl groups excluding tert-OH is 1. The number of Topliss-reactive ketones (excluding diaryl/α,β-unsaturated/α-hetero) is 1. The molecular weight excluding hydrogens is 238 g/mol. The van der Waals surface area contributed by atoms with Gasteiger partial charge in [-0.3, -0.25) is 4.79 Å². The summed E-state index contributed by atoms with van der Waals surface area (Å²) < 4.78 is 0. The van der Waals surface area contributed by atoms with E-state index in [0.717, 1.165) is 25.8 Å². The van der Waals surface area contributed by atoms with E-state index in [4.69, 9.17) is 5.11 Å². The summed E-state index contributed by atoms with van der Waals surface area (Å²) in [6.45, 7) is 12.3. The summed E-state index contributed by atoms with van der Waals surface area (Å²) in [6.07, 6.45) is 0. The zero-order chi connectivity index (χ0) is 15.1. The number of quaternary nitrogens is 1. The average molecular weight is 266 g/mol. The molecule has 0 heterocycles. The van der Waals surface area contributed by atoms with Crippen LogP contribution in [0.4, 0.5) is 0 Å². The van der Waals surface area contributed by atoms with Gasteiger partial charge in [0.25, 0.3) is 0 Å². The molecule has 19 heavy (non-hydrogen) atoms. The molecule has 0 atom stereocenters. The van der Waals surface area contributed by atoms with E-state index >= 15 is 0 Å². The van der Waals surface area contributed by atoms with Gasteiger partial charge >= 0.3 is 0 Å². The third kappa shape index (κ3) is 4.44. The summed E-state index contributed by atoms with van der Waals surface area (Å²) in [4.78, 5) is 13.8. The first-order chi connectivity index (χ1) is 8.93. The number of rotatable bonds is 5. The van der Waals surface area contributed by atoms with Crippen molar-refractivity contribution in [2.45, 2.75) is 40.2 Å². The van der Waals surface area contributed by atoms with Gasteiger partial charge in [-0.15, -0.1) is 0 Å². The molecule has 108 valence electrons. The first kappa shape index (κ1) is 17.8. The fourth-order valence-electron chi connectivity index (χ4n) is 2.36. The zero-order valence-corrected chi connectivity index (χ0v) is 13.1. The molecule has 2 N–H and O–H groups in total. The van der Waals surface area contributed by atoms with Gasteiger partial charge in [0.15, 0.2) is 5.54 Å². The van der Waals surface area contributed by atoms with E-state index in [9.17, 15) is 4.79 Å². The van der Waals surface area contributed by atoms with Crippen molar-refractivity contribution in [3.05, 3.63) is 35.4 Å². The summed E-state index contributed by atoms with van der Waals surface area (Å²) in [5.74, 6) is 0.233. The lowest BCUT2D eigenvalue weighted by molar-refractivity contribution is -0.934. The number of benzene rings is 1. The maximum atomic E-state index is 12.5. The number of aryl methyl sites for hydroxylation is 1. The van der Waals surface area contributed by atoms with Gasteiger partial charge in [-0.2, -0.15) is 0 Å². The Morgan fingerprint density at radius 3 is 1.89 bits per heavy atom. The Balaban J connectivity index is 0.00000154. The van der Waals surface area contributed by atoms with Crippen molar-refractivity contribution in [2.24, 2.45) is 0 Å². The SMILES string of the molecule is CC[NH+](CC)C(C)(C)C(=O)c1ccc(C)cc1.CO. The Kier molecular flexibility index (Phi) is 7.57. The lowest BCUT2D eigenvalue weighted by Gasteiger charge is -2.32. The zero-order valence-electron chi connectivity index (χ0n) is 13.1. The predicted molar refractivity (Wildman–Crippen MR) is 79.8 cm³/mol. The van der Waals surface area contributed by atoms with E-state index in [1.54, 1.807) is 0 Å². The monoisotopic (exact) mass is 266 g/mol. The number of ketones is 1. The van der Waals surface area contributed by atoms with Crippen molar-refractivity contribution in [1.29, 1.82) is 0 Å². The number of hydrogen-bond donors (Lipinski definition) is 2. The van der Waals surface area contributed by atoms with E-state index < -0.39 is 0 Å². The van der Waals surface area contributed by atoms with Gasteiger partial charge < -0.3 is 10.0 Å². The summed E-state index contributed by atoms with van der Waals surface area (Å²) in [7, 11) is 1.00. The Labute approximate surface area is 117 Å². The number of hydrogen-bond acceptors (Lipinski definition) is 2. The number of aliphatic hydroxyl groups is 1. The maximum absolute atomic E-state index is 12.5. The van der Waals surface area contributed by atoms with Crippen LogP contribution in [0.3, 0.4) is 0 Å². The molecule has 1 aromatic carbocycles. The lowest BCUT2D eigenvalue weighted by atomic mass is 9.91. The van der Waals surface area contributed by atoms with Gasteiger partial charge in [0.2, 0.25) is 5.78 Å². The molecule has 0 aromatic heterocycles. The second-order valence-electron chi connectivity index (χ2n) is 5.13. The highest BCUT2D eigenvalue weighted by molar-refractivity contribution is 6.01. The first-order valence-corrected chi connectivity index (χ1v) is 6.84. The number of carbonyl (C=O) groups is 1. The Hall–Kier alpha value is -1.19. The molecule has 0 aliphatic rings. The minimum absolute atomic E-state index is 0.233. The van der Waals surface area contributed by atoms with Crippen LogP contribution in [-0.4, -0.2) is 36.6 Å².